The number of nitrogens with one attached hydrogen (secondary N) is 1. The predicted octanol–water partition coefficient (Wildman–Crippen LogP) is 3.56. The monoisotopic (exact) mass is 407 g/mol. The summed E-state index contributed by atoms with van der Waals surface area (Å²) in [7, 11) is 0. The molecule has 0 aromatic heterocycles. The lowest BCUT2D eigenvalue weighted by molar-refractivity contribution is -0.117. The van der Waals surface area contributed by atoms with Crippen molar-refractivity contribution in [2.24, 2.45) is 0 Å². The second kappa shape index (κ2) is 8.88. The maximum absolute atomic E-state index is 12.4. The third kappa shape index (κ3) is 4.19. The van der Waals surface area contributed by atoms with E-state index in [0.717, 1.165) is 61.5 Å². The molecule has 0 saturated carbocycles. The molecule has 2 aliphatic rings. The molecular weight excluding hydrogens is 378 g/mol. The van der Waals surface area contributed by atoms with Crippen LogP contribution in [-0.4, -0.2) is 44.5 Å². The van der Waals surface area contributed by atoms with E-state index in [1.54, 1.807) is 6.92 Å². The molecule has 2 aromatic rings. The van der Waals surface area contributed by atoms with E-state index in [4.69, 9.17) is 4.74 Å². The largest absolute Gasteiger partial charge is 0.378 e. The third-order valence-corrected chi connectivity index (χ3v) is 5.99. The molecule has 1 N–H and O–H groups in total. The van der Waals surface area contributed by atoms with Gasteiger partial charge in [-0.05, 0) is 49.2 Å². The number of amides is 1. The molecule has 6 nitrogen and oxygen atoms in total. The van der Waals surface area contributed by atoms with E-state index >= 15 is 0 Å². The highest BCUT2D eigenvalue weighted by molar-refractivity contribution is 5.94. The lowest BCUT2D eigenvalue weighted by Gasteiger charge is -2.40. The Balaban J connectivity index is 1.66. The number of hydrogen-bond donors (Lipinski definition) is 1. The molecule has 4 rings (SSSR count). The van der Waals surface area contributed by atoms with E-state index in [9.17, 15) is 9.59 Å². The smallest absolute Gasteiger partial charge is 0.224 e. The van der Waals surface area contributed by atoms with Crippen molar-refractivity contribution in [2.45, 2.75) is 38.8 Å². The van der Waals surface area contributed by atoms with Crippen LogP contribution in [0, 0.1) is 0 Å². The number of anilines is 3. The Morgan fingerprint density at radius 3 is 2.57 bits per heavy atom. The highest BCUT2D eigenvalue weighted by Gasteiger charge is 2.33. The molecule has 0 spiro atoms. The second-order valence-corrected chi connectivity index (χ2v) is 8.08. The zero-order valence-corrected chi connectivity index (χ0v) is 17.6. The van der Waals surface area contributed by atoms with Gasteiger partial charge >= 0.3 is 0 Å². The van der Waals surface area contributed by atoms with Gasteiger partial charge in [-0.15, -0.1) is 0 Å². The molecular formula is C24H29N3O3. The third-order valence-electron chi connectivity index (χ3n) is 5.99. The number of rotatable bonds is 5. The lowest BCUT2D eigenvalue weighted by atomic mass is 9.90. The van der Waals surface area contributed by atoms with E-state index in [1.807, 2.05) is 29.2 Å². The van der Waals surface area contributed by atoms with Crippen molar-refractivity contribution >= 4 is 29.3 Å². The van der Waals surface area contributed by atoms with Crippen LogP contribution in [-0.2, 0) is 20.7 Å². The molecule has 0 radical (unpaired) electrons. The molecule has 1 fully saturated rings. The molecule has 2 atom stereocenters. The maximum atomic E-state index is 12.4. The van der Waals surface area contributed by atoms with Crippen molar-refractivity contribution in [3.05, 3.63) is 53.6 Å². The average Bonchev–Trinajstić information content (AvgIpc) is 2.75. The van der Waals surface area contributed by atoms with Gasteiger partial charge in [0.1, 0.15) is 6.29 Å². The molecule has 1 saturated heterocycles. The highest BCUT2D eigenvalue weighted by atomic mass is 16.5. The van der Waals surface area contributed by atoms with Crippen molar-refractivity contribution in [1.29, 1.82) is 0 Å². The molecule has 158 valence electrons. The van der Waals surface area contributed by atoms with Gasteiger partial charge in [-0.1, -0.05) is 12.1 Å². The number of ether oxygens (including phenoxy) is 1. The normalized spacial score (nSPS) is 21.1. The standard InChI is InChI=1S/C24H29N3O3/c1-17-15-23(25-20-5-3-19(4-6-20)9-12-28)22-16-21(26-10-13-30-14-11-26)7-8-24(22)27(17)18(2)29/h3-8,12,16-17,23,25H,9-11,13-15H2,1-2H3. The molecule has 2 aliphatic heterocycles. The van der Waals surface area contributed by atoms with Crippen LogP contribution < -0.4 is 15.1 Å². The lowest BCUT2D eigenvalue weighted by Crippen LogP contribution is -2.43. The summed E-state index contributed by atoms with van der Waals surface area (Å²) < 4.78 is 5.49. The fraction of sp³-hybridized carbons (Fsp3) is 0.417. The van der Waals surface area contributed by atoms with Crippen LogP contribution in [0.3, 0.4) is 0 Å². The van der Waals surface area contributed by atoms with Crippen LogP contribution in [0.25, 0.3) is 0 Å². The Morgan fingerprint density at radius 1 is 1.17 bits per heavy atom. The number of nitrogens with zero attached hydrogens (tertiary/aromatic N) is 2. The summed E-state index contributed by atoms with van der Waals surface area (Å²) in [5, 5.41) is 3.66. The summed E-state index contributed by atoms with van der Waals surface area (Å²) in [6.07, 6.45) is 2.18. The van der Waals surface area contributed by atoms with Crippen molar-refractivity contribution in [2.75, 3.05) is 41.4 Å². The van der Waals surface area contributed by atoms with Crippen LogP contribution in [0.5, 0.6) is 0 Å². The van der Waals surface area contributed by atoms with Gasteiger partial charge in [-0.3, -0.25) is 4.79 Å². The minimum atomic E-state index is 0.0690. The Labute approximate surface area is 177 Å². The minimum absolute atomic E-state index is 0.0690. The van der Waals surface area contributed by atoms with Gasteiger partial charge < -0.3 is 24.6 Å². The van der Waals surface area contributed by atoms with Crippen molar-refractivity contribution in [1.82, 2.24) is 0 Å². The summed E-state index contributed by atoms with van der Waals surface area (Å²) in [4.78, 5) is 27.4. The molecule has 2 heterocycles. The van der Waals surface area contributed by atoms with Crippen LogP contribution >= 0.6 is 0 Å². The zero-order chi connectivity index (χ0) is 21.1. The first-order valence-electron chi connectivity index (χ1n) is 10.6. The van der Waals surface area contributed by atoms with Gasteiger partial charge in [-0.25, -0.2) is 0 Å². The minimum Gasteiger partial charge on any atom is -0.378 e. The van der Waals surface area contributed by atoms with Crippen molar-refractivity contribution in [3.63, 3.8) is 0 Å². The van der Waals surface area contributed by atoms with Gasteiger partial charge in [0.2, 0.25) is 5.91 Å². The molecule has 2 aromatic carbocycles. The van der Waals surface area contributed by atoms with E-state index in [0.29, 0.717) is 6.42 Å². The van der Waals surface area contributed by atoms with Gasteiger partial charge in [-0.2, -0.15) is 0 Å². The molecule has 30 heavy (non-hydrogen) atoms. The van der Waals surface area contributed by atoms with Crippen LogP contribution in [0.1, 0.15) is 37.4 Å². The Bertz CT molecular complexity index is 906. The van der Waals surface area contributed by atoms with Crippen LogP contribution in [0.15, 0.2) is 42.5 Å². The maximum Gasteiger partial charge on any atom is 0.224 e. The average molecular weight is 408 g/mol. The Hall–Kier alpha value is -2.86. The second-order valence-electron chi connectivity index (χ2n) is 8.08. The number of carbonyl (C=O) groups excluding carboxylic acids is 2. The molecule has 1 amide bonds. The number of fused-ring (bicyclic) bond motifs is 1. The van der Waals surface area contributed by atoms with Gasteiger partial charge in [0.15, 0.2) is 0 Å². The van der Waals surface area contributed by atoms with E-state index in [1.165, 1.54) is 5.69 Å². The van der Waals surface area contributed by atoms with E-state index < -0.39 is 0 Å². The van der Waals surface area contributed by atoms with Gasteiger partial charge in [0.05, 0.1) is 19.3 Å². The summed E-state index contributed by atoms with van der Waals surface area (Å²) >= 11 is 0. The summed E-state index contributed by atoms with van der Waals surface area (Å²) in [5.41, 5.74) is 5.31. The van der Waals surface area contributed by atoms with E-state index in [2.05, 4.69) is 35.3 Å². The van der Waals surface area contributed by atoms with Crippen molar-refractivity contribution < 1.29 is 14.3 Å². The Kier molecular flexibility index (Phi) is 6.04. The van der Waals surface area contributed by atoms with Gasteiger partial charge in [0, 0.05) is 55.1 Å². The fourth-order valence-electron chi connectivity index (χ4n) is 4.52. The summed E-state index contributed by atoms with van der Waals surface area (Å²) in [6.45, 7) is 6.96. The Morgan fingerprint density at radius 2 is 1.90 bits per heavy atom. The van der Waals surface area contributed by atoms with Crippen molar-refractivity contribution in [3.8, 4) is 0 Å². The number of hydrogen-bond acceptors (Lipinski definition) is 5. The first-order chi connectivity index (χ1) is 14.6. The fourth-order valence-corrected chi connectivity index (χ4v) is 4.52. The van der Waals surface area contributed by atoms with E-state index in [-0.39, 0.29) is 18.0 Å². The summed E-state index contributed by atoms with van der Waals surface area (Å²) in [5.74, 6) is 0.0690. The van der Waals surface area contributed by atoms with Crippen LogP contribution in [0.2, 0.25) is 0 Å². The molecule has 0 bridgehead atoms. The number of morpholine rings is 1. The first kappa shape index (κ1) is 20.4. The van der Waals surface area contributed by atoms with Gasteiger partial charge in [0.25, 0.3) is 0 Å². The first-order valence-corrected chi connectivity index (χ1v) is 10.6. The topological polar surface area (TPSA) is 61.9 Å². The quantitative estimate of drug-likeness (QED) is 0.768. The van der Waals surface area contributed by atoms with Crippen LogP contribution in [0.4, 0.5) is 17.1 Å². The number of aldehydes is 1. The zero-order valence-electron chi connectivity index (χ0n) is 17.6. The SMILES string of the molecule is CC(=O)N1c2ccc(N3CCOCC3)cc2C(Nc2ccc(CC=O)cc2)CC1C. The molecule has 0 aliphatic carbocycles. The predicted molar refractivity (Wildman–Crippen MR) is 119 cm³/mol. The highest BCUT2D eigenvalue weighted by Crippen LogP contribution is 2.41. The molecule has 2 unspecified atom stereocenters. The number of benzene rings is 2. The molecule has 6 heteroatoms. The summed E-state index contributed by atoms with van der Waals surface area (Å²) in [6, 6.07) is 14.6. The number of carbonyl (C=O) groups is 2.